The third-order valence-corrected chi connectivity index (χ3v) is 6.02. The Balaban J connectivity index is 1.68. The number of rotatable bonds is 5. The van der Waals surface area contributed by atoms with Gasteiger partial charge in [0.1, 0.15) is 11.9 Å². The highest BCUT2D eigenvalue weighted by molar-refractivity contribution is 14.1. The molecule has 3 rings (SSSR count). The van der Waals surface area contributed by atoms with Crippen LogP contribution in [0.2, 0.25) is 0 Å². The normalized spacial score (nSPS) is 27.3. The lowest BCUT2D eigenvalue weighted by Gasteiger charge is -2.57. The number of benzene rings is 1. The number of halogens is 1. The van der Waals surface area contributed by atoms with E-state index in [0.29, 0.717) is 17.6 Å². The number of hydrogen-bond donors (Lipinski definition) is 1. The Labute approximate surface area is 142 Å². The molecule has 1 spiro atoms. The average Bonchev–Trinajstić information content (AvgIpc) is 2.53. The van der Waals surface area contributed by atoms with Gasteiger partial charge < -0.3 is 10.1 Å². The van der Waals surface area contributed by atoms with Gasteiger partial charge in [0.15, 0.2) is 0 Å². The molecule has 2 unspecified atom stereocenters. The zero-order valence-corrected chi connectivity index (χ0v) is 15.1. The van der Waals surface area contributed by atoms with Crippen molar-refractivity contribution >= 4 is 22.6 Å². The summed E-state index contributed by atoms with van der Waals surface area (Å²) in [5.41, 5.74) is 0.399. The van der Waals surface area contributed by atoms with Crippen LogP contribution in [0.5, 0.6) is 5.75 Å². The summed E-state index contributed by atoms with van der Waals surface area (Å²) in [6, 6.07) is 9.17. The van der Waals surface area contributed by atoms with Crippen LogP contribution in [0.25, 0.3) is 0 Å². The summed E-state index contributed by atoms with van der Waals surface area (Å²) < 4.78 is 7.63. The monoisotopic (exact) mass is 399 g/mol. The van der Waals surface area contributed by atoms with Crippen molar-refractivity contribution in [3.8, 4) is 5.75 Å². The molecule has 0 heterocycles. The molecule has 1 aromatic rings. The predicted molar refractivity (Wildman–Crippen MR) is 95.8 cm³/mol. The zero-order valence-electron chi connectivity index (χ0n) is 12.9. The van der Waals surface area contributed by atoms with E-state index in [1.807, 2.05) is 0 Å². The van der Waals surface area contributed by atoms with Crippen molar-refractivity contribution in [1.82, 2.24) is 5.32 Å². The van der Waals surface area contributed by atoms with Gasteiger partial charge in [-0.3, -0.25) is 0 Å². The minimum atomic E-state index is 0.399. The molecule has 0 saturated heterocycles. The number of nitrogens with one attached hydrogen (secondary N) is 1. The van der Waals surface area contributed by atoms with Gasteiger partial charge in [0.05, 0.1) is 0 Å². The van der Waals surface area contributed by atoms with Gasteiger partial charge in [-0.15, -0.1) is 0 Å². The summed E-state index contributed by atoms with van der Waals surface area (Å²) in [6.07, 6.45) is 9.62. The van der Waals surface area contributed by atoms with E-state index in [2.05, 4.69) is 59.1 Å². The molecule has 2 nitrogen and oxygen atoms in total. The summed E-state index contributed by atoms with van der Waals surface area (Å²) in [5.74, 6) is 1.04. The second-order valence-corrected chi connectivity index (χ2v) is 7.84. The first kappa shape index (κ1) is 15.6. The Morgan fingerprint density at radius 3 is 2.57 bits per heavy atom. The van der Waals surface area contributed by atoms with E-state index in [9.17, 15) is 0 Å². The molecule has 1 N–H and O–H groups in total. The maximum atomic E-state index is 6.37. The van der Waals surface area contributed by atoms with Crippen LogP contribution in [0.1, 0.15) is 51.9 Å². The minimum Gasteiger partial charge on any atom is -0.490 e. The minimum absolute atomic E-state index is 0.399. The molecule has 116 valence electrons. The molecule has 2 atom stereocenters. The molecule has 1 aromatic carbocycles. The lowest BCUT2D eigenvalue weighted by Crippen LogP contribution is -2.65. The fourth-order valence-electron chi connectivity index (χ4n) is 4.08. The van der Waals surface area contributed by atoms with Gasteiger partial charge in [0, 0.05) is 21.4 Å². The van der Waals surface area contributed by atoms with Crippen LogP contribution in [0, 0.1) is 8.99 Å². The highest BCUT2D eigenvalue weighted by Gasteiger charge is 2.56. The Kier molecular flexibility index (Phi) is 5.10. The van der Waals surface area contributed by atoms with E-state index in [4.69, 9.17) is 4.74 Å². The first-order chi connectivity index (χ1) is 10.2. The summed E-state index contributed by atoms with van der Waals surface area (Å²) in [6.45, 7) is 3.39. The van der Waals surface area contributed by atoms with Gasteiger partial charge in [-0.05, 0) is 72.7 Å². The lowest BCUT2D eigenvalue weighted by atomic mass is 9.55. The highest BCUT2D eigenvalue weighted by Crippen LogP contribution is 2.53. The van der Waals surface area contributed by atoms with E-state index in [1.54, 1.807) is 0 Å². The third-order valence-electron chi connectivity index (χ3n) is 5.30. The van der Waals surface area contributed by atoms with Crippen LogP contribution in [-0.4, -0.2) is 18.7 Å². The summed E-state index contributed by atoms with van der Waals surface area (Å²) in [4.78, 5) is 0. The SMILES string of the molecule is CCCNC1CC(Oc2ccc(I)cc2)C12CCCCC2. The fraction of sp³-hybridized carbons (Fsp3) is 0.667. The molecule has 0 bridgehead atoms. The second kappa shape index (κ2) is 6.86. The number of hydrogen-bond acceptors (Lipinski definition) is 2. The van der Waals surface area contributed by atoms with Gasteiger partial charge in [0.2, 0.25) is 0 Å². The quantitative estimate of drug-likeness (QED) is 0.721. The van der Waals surface area contributed by atoms with E-state index < -0.39 is 0 Å². The Morgan fingerprint density at radius 2 is 1.90 bits per heavy atom. The highest BCUT2D eigenvalue weighted by atomic mass is 127. The summed E-state index contributed by atoms with van der Waals surface area (Å²) in [7, 11) is 0. The molecule has 0 aromatic heterocycles. The van der Waals surface area contributed by atoms with Crippen molar-refractivity contribution in [3.63, 3.8) is 0 Å². The fourth-order valence-corrected chi connectivity index (χ4v) is 4.44. The van der Waals surface area contributed by atoms with Gasteiger partial charge in [0.25, 0.3) is 0 Å². The van der Waals surface area contributed by atoms with Crippen molar-refractivity contribution in [1.29, 1.82) is 0 Å². The maximum Gasteiger partial charge on any atom is 0.119 e. The molecular weight excluding hydrogens is 373 g/mol. The maximum absolute atomic E-state index is 6.37. The van der Waals surface area contributed by atoms with Crippen LogP contribution >= 0.6 is 22.6 Å². The lowest BCUT2D eigenvalue weighted by molar-refractivity contribution is -0.103. The van der Waals surface area contributed by atoms with Crippen LogP contribution in [0.15, 0.2) is 24.3 Å². The van der Waals surface area contributed by atoms with Gasteiger partial charge in [-0.2, -0.15) is 0 Å². The molecule has 0 aliphatic heterocycles. The van der Waals surface area contributed by atoms with Crippen molar-refractivity contribution in [2.75, 3.05) is 6.54 Å². The first-order valence-electron chi connectivity index (χ1n) is 8.40. The molecule has 3 heteroatoms. The molecule has 2 aliphatic rings. The molecule has 0 amide bonds. The van der Waals surface area contributed by atoms with Gasteiger partial charge in [-0.25, -0.2) is 0 Å². The molecule has 0 radical (unpaired) electrons. The average molecular weight is 399 g/mol. The van der Waals surface area contributed by atoms with Crippen molar-refractivity contribution < 1.29 is 4.74 Å². The largest absolute Gasteiger partial charge is 0.490 e. The second-order valence-electron chi connectivity index (χ2n) is 6.60. The Morgan fingerprint density at radius 1 is 1.19 bits per heavy atom. The Hall–Kier alpha value is -0.290. The van der Waals surface area contributed by atoms with E-state index >= 15 is 0 Å². The van der Waals surface area contributed by atoms with E-state index in [1.165, 1.54) is 48.5 Å². The summed E-state index contributed by atoms with van der Waals surface area (Å²) in [5, 5.41) is 3.77. The Bertz CT molecular complexity index is 453. The number of ether oxygens (including phenoxy) is 1. The van der Waals surface area contributed by atoms with Crippen LogP contribution in [0.4, 0.5) is 0 Å². The van der Waals surface area contributed by atoms with Gasteiger partial charge >= 0.3 is 0 Å². The molecule has 21 heavy (non-hydrogen) atoms. The summed E-state index contributed by atoms with van der Waals surface area (Å²) >= 11 is 2.34. The van der Waals surface area contributed by atoms with Crippen molar-refractivity contribution in [2.45, 2.75) is 64.0 Å². The third kappa shape index (κ3) is 3.24. The van der Waals surface area contributed by atoms with Crippen LogP contribution in [0.3, 0.4) is 0 Å². The van der Waals surface area contributed by atoms with Crippen LogP contribution < -0.4 is 10.1 Å². The van der Waals surface area contributed by atoms with Crippen molar-refractivity contribution in [3.05, 3.63) is 27.8 Å². The van der Waals surface area contributed by atoms with E-state index in [-0.39, 0.29) is 0 Å². The van der Waals surface area contributed by atoms with Gasteiger partial charge in [-0.1, -0.05) is 26.2 Å². The standard InChI is InChI=1S/C18H26INO/c1-2-12-20-16-13-17(18(16)10-4-3-5-11-18)21-15-8-6-14(19)7-9-15/h6-9,16-17,20H,2-5,10-13H2,1H3. The molecule has 2 fully saturated rings. The van der Waals surface area contributed by atoms with Crippen LogP contribution in [-0.2, 0) is 0 Å². The van der Waals surface area contributed by atoms with Crippen molar-refractivity contribution in [2.24, 2.45) is 5.41 Å². The zero-order chi connectivity index (χ0) is 14.7. The molecule has 2 aliphatic carbocycles. The predicted octanol–water partition coefficient (Wildman–Crippen LogP) is 4.76. The topological polar surface area (TPSA) is 21.3 Å². The molecule has 2 saturated carbocycles. The smallest absolute Gasteiger partial charge is 0.119 e. The van der Waals surface area contributed by atoms with E-state index in [0.717, 1.165) is 12.3 Å². The molecular formula is C18H26INO. The first-order valence-corrected chi connectivity index (χ1v) is 9.48.